The highest BCUT2D eigenvalue weighted by Crippen LogP contribution is 2.45. The number of benzene rings is 3. The molecular weight excluding hydrogens is 452 g/mol. The average Bonchev–Trinajstić information content (AvgIpc) is 3.58. The molecule has 1 atom stereocenters. The molecule has 1 N–H and O–H groups in total. The second-order valence-corrected chi connectivity index (χ2v) is 9.32. The Labute approximate surface area is 209 Å². The number of anilines is 1. The Morgan fingerprint density at radius 1 is 1.06 bits per heavy atom. The number of carbonyl (C=O) groups is 2. The van der Waals surface area contributed by atoms with E-state index in [1.807, 2.05) is 78.5 Å². The number of hydrogen-bond donors (Lipinski definition) is 1. The maximum atomic E-state index is 13.5. The molecule has 0 spiro atoms. The van der Waals surface area contributed by atoms with Crippen molar-refractivity contribution in [1.29, 1.82) is 0 Å². The predicted molar refractivity (Wildman–Crippen MR) is 139 cm³/mol. The van der Waals surface area contributed by atoms with Crippen LogP contribution in [0.5, 0.6) is 5.75 Å². The molecule has 1 unspecified atom stereocenters. The van der Waals surface area contributed by atoms with Gasteiger partial charge < -0.3 is 14.4 Å². The Kier molecular flexibility index (Phi) is 5.18. The molecule has 1 amide bonds. The van der Waals surface area contributed by atoms with Crippen LogP contribution >= 0.6 is 0 Å². The summed E-state index contributed by atoms with van der Waals surface area (Å²) in [5.41, 5.74) is 5.10. The highest BCUT2D eigenvalue weighted by Gasteiger charge is 2.48. The molecular formula is C30H26N2O4. The van der Waals surface area contributed by atoms with E-state index < -0.39 is 17.7 Å². The number of ketones is 1. The summed E-state index contributed by atoms with van der Waals surface area (Å²) in [6, 6.07) is 20.2. The zero-order valence-corrected chi connectivity index (χ0v) is 20.2. The second kappa shape index (κ2) is 8.41. The quantitative estimate of drug-likeness (QED) is 0.245. The maximum Gasteiger partial charge on any atom is 0.300 e. The molecule has 1 fully saturated rings. The zero-order valence-electron chi connectivity index (χ0n) is 20.2. The van der Waals surface area contributed by atoms with Gasteiger partial charge in [-0.25, -0.2) is 0 Å². The third kappa shape index (κ3) is 3.33. The number of aliphatic hydroxyl groups excluding tert-OH is 1. The first kappa shape index (κ1) is 22.2. The Hall–Kier alpha value is -4.32. The van der Waals surface area contributed by atoms with Gasteiger partial charge in [0.15, 0.2) is 0 Å². The Morgan fingerprint density at radius 2 is 1.83 bits per heavy atom. The van der Waals surface area contributed by atoms with E-state index in [9.17, 15) is 14.7 Å². The van der Waals surface area contributed by atoms with Crippen LogP contribution in [-0.2, 0) is 29.5 Å². The number of nitrogens with zero attached hydrogens (tertiary/aromatic N) is 2. The van der Waals surface area contributed by atoms with Crippen molar-refractivity contribution < 1.29 is 19.4 Å². The molecule has 4 aromatic rings. The molecule has 3 aromatic carbocycles. The smallest absolute Gasteiger partial charge is 0.300 e. The SMILES string of the molecule is CCc1ccc(N2C(=O)C(=O)/C(=C(/O)c3ccc4c(c3)CCO4)C2c2cn(C)c3ccccc23)cc1. The van der Waals surface area contributed by atoms with Crippen molar-refractivity contribution in [2.24, 2.45) is 7.05 Å². The summed E-state index contributed by atoms with van der Waals surface area (Å²) in [7, 11) is 1.94. The van der Waals surface area contributed by atoms with E-state index in [1.165, 1.54) is 4.90 Å². The van der Waals surface area contributed by atoms with Crippen LogP contribution in [0.3, 0.4) is 0 Å². The summed E-state index contributed by atoms with van der Waals surface area (Å²) >= 11 is 0. The summed E-state index contributed by atoms with van der Waals surface area (Å²) < 4.78 is 7.59. The maximum absolute atomic E-state index is 13.5. The molecule has 6 rings (SSSR count). The van der Waals surface area contributed by atoms with Crippen LogP contribution in [0.1, 0.15) is 35.2 Å². The van der Waals surface area contributed by atoms with E-state index in [0.717, 1.165) is 46.2 Å². The van der Waals surface area contributed by atoms with Gasteiger partial charge >= 0.3 is 0 Å². The average molecular weight is 479 g/mol. The molecule has 1 aromatic heterocycles. The van der Waals surface area contributed by atoms with Crippen molar-refractivity contribution >= 4 is 34.0 Å². The monoisotopic (exact) mass is 478 g/mol. The minimum absolute atomic E-state index is 0.0924. The normalized spacial score (nSPS) is 18.6. The van der Waals surface area contributed by atoms with Crippen LogP contribution in [0, 0.1) is 0 Å². The zero-order chi connectivity index (χ0) is 25.0. The number of amides is 1. The van der Waals surface area contributed by atoms with Crippen molar-refractivity contribution in [2.45, 2.75) is 25.8 Å². The number of carbonyl (C=O) groups excluding carboxylic acids is 2. The van der Waals surface area contributed by atoms with Crippen molar-refractivity contribution in [1.82, 2.24) is 4.57 Å². The van der Waals surface area contributed by atoms with Crippen molar-refractivity contribution in [3.63, 3.8) is 0 Å². The van der Waals surface area contributed by atoms with Gasteiger partial charge in [0.25, 0.3) is 11.7 Å². The fourth-order valence-corrected chi connectivity index (χ4v) is 5.37. The van der Waals surface area contributed by atoms with Gasteiger partial charge in [0.2, 0.25) is 0 Å². The number of aliphatic hydroxyl groups is 1. The Balaban J connectivity index is 1.59. The number of para-hydroxylation sites is 1. The third-order valence-electron chi connectivity index (χ3n) is 7.25. The van der Waals surface area contributed by atoms with Crippen molar-refractivity contribution in [3.8, 4) is 5.75 Å². The molecule has 180 valence electrons. The molecule has 1 saturated heterocycles. The number of hydrogen-bond acceptors (Lipinski definition) is 4. The van der Waals surface area contributed by atoms with E-state index in [1.54, 1.807) is 6.07 Å². The van der Waals surface area contributed by atoms with Gasteiger partial charge in [-0.1, -0.05) is 37.3 Å². The first-order valence-electron chi connectivity index (χ1n) is 12.2. The van der Waals surface area contributed by atoms with Crippen molar-refractivity contribution in [3.05, 3.63) is 101 Å². The highest BCUT2D eigenvalue weighted by molar-refractivity contribution is 6.51. The lowest BCUT2D eigenvalue weighted by Gasteiger charge is -2.25. The molecule has 0 aliphatic carbocycles. The molecule has 6 heteroatoms. The van der Waals surface area contributed by atoms with E-state index >= 15 is 0 Å². The summed E-state index contributed by atoms with van der Waals surface area (Å²) in [4.78, 5) is 28.6. The van der Waals surface area contributed by atoms with Crippen LogP contribution in [0.2, 0.25) is 0 Å². The van der Waals surface area contributed by atoms with Gasteiger partial charge in [0, 0.05) is 47.4 Å². The lowest BCUT2D eigenvalue weighted by Crippen LogP contribution is -2.29. The van der Waals surface area contributed by atoms with Gasteiger partial charge in [-0.2, -0.15) is 0 Å². The third-order valence-corrected chi connectivity index (χ3v) is 7.25. The van der Waals surface area contributed by atoms with Crippen molar-refractivity contribution in [2.75, 3.05) is 11.5 Å². The second-order valence-electron chi connectivity index (χ2n) is 9.32. The number of fused-ring (bicyclic) bond motifs is 2. The molecule has 3 heterocycles. The first-order chi connectivity index (χ1) is 17.5. The fourth-order valence-electron chi connectivity index (χ4n) is 5.37. The highest BCUT2D eigenvalue weighted by atomic mass is 16.5. The summed E-state index contributed by atoms with van der Waals surface area (Å²) in [5, 5.41) is 12.5. The first-order valence-corrected chi connectivity index (χ1v) is 12.2. The van der Waals surface area contributed by atoms with Gasteiger partial charge in [-0.15, -0.1) is 0 Å². The van der Waals surface area contributed by atoms with Gasteiger partial charge in [0.05, 0.1) is 18.2 Å². The van der Waals surface area contributed by atoms with Crippen LogP contribution < -0.4 is 9.64 Å². The van der Waals surface area contributed by atoms with Crippen LogP contribution in [0.4, 0.5) is 5.69 Å². The summed E-state index contributed by atoms with van der Waals surface area (Å²) in [6.45, 7) is 2.66. The predicted octanol–water partition coefficient (Wildman–Crippen LogP) is 5.30. The number of ether oxygens (including phenoxy) is 1. The number of aryl methyl sites for hydroxylation is 2. The largest absolute Gasteiger partial charge is 0.507 e. The minimum atomic E-state index is -0.770. The van der Waals surface area contributed by atoms with Crippen LogP contribution in [0.15, 0.2) is 78.5 Å². The Morgan fingerprint density at radius 3 is 2.61 bits per heavy atom. The summed E-state index contributed by atoms with van der Waals surface area (Å²) in [6.07, 6.45) is 3.55. The van der Waals surface area contributed by atoms with E-state index in [2.05, 4.69) is 6.92 Å². The fraction of sp³-hybridized carbons (Fsp3) is 0.200. The standard InChI is InChI=1S/C30H26N2O4/c1-3-18-8-11-21(12-9-18)32-27(23-17-31(2)24-7-5-4-6-22(23)24)26(29(34)30(32)35)28(33)20-10-13-25-19(16-20)14-15-36-25/h4-13,16-17,27,33H,3,14-15H2,1-2H3/b28-26+. The van der Waals surface area contributed by atoms with Gasteiger partial charge in [0.1, 0.15) is 11.5 Å². The lowest BCUT2D eigenvalue weighted by molar-refractivity contribution is -0.132. The molecule has 2 aliphatic rings. The van der Waals surface area contributed by atoms with Crippen LogP contribution in [-0.4, -0.2) is 28.0 Å². The lowest BCUT2D eigenvalue weighted by atomic mass is 9.94. The molecule has 36 heavy (non-hydrogen) atoms. The van der Waals surface area contributed by atoms with E-state index in [4.69, 9.17) is 4.74 Å². The number of Topliss-reactive ketones (excluding diaryl/α,β-unsaturated/α-hetero) is 1. The number of rotatable bonds is 4. The topological polar surface area (TPSA) is 71.8 Å². The molecule has 0 saturated carbocycles. The minimum Gasteiger partial charge on any atom is -0.507 e. The van der Waals surface area contributed by atoms with Gasteiger partial charge in [-0.3, -0.25) is 14.5 Å². The summed E-state index contributed by atoms with van der Waals surface area (Å²) in [5.74, 6) is -0.729. The molecule has 6 nitrogen and oxygen atoms in total. The number of aromatic nitrogens is 1. The van der Waals surface area contributed by atoms with Gasteiger partial charge in [-0.05, 0) is 53.9 Å². The molecule has 0 bridgehead atoms. The molecule has 0 radical (unpaired) electrons. The van der Waals surface area contributed by atoms with Crippen LogP contribution in [0.25, 0.3) is 16.7 Å². The Bertz CT molecular complexity index is 1560. The molecule has 2 aliphatic heterocycles. The van der Waals surface area contributed by atoms with E-state index in [-0.39, 0.29) is 11.3 Å². The van der Waals surface area contributed by atoms with E-state index in [0.29, 0.717) is 17.9 Å².